The second-order valence-electron chi connectivity index (χ2n) is 19.9. The molecule has 0 saturated heterocycles. The molecule has 372 valence electrons. The zero-order valence-electron chi connectivity index (χ0n) is 42.6. The summed E-state index contributed by atoms with van der Waals surface area (Å²) < 4.78 is 1.36. The molecule has 0 aliphatic heterocycles. The van der Waals surface area contributed by atoms with Gasteiger partial charge in [-0.2, -0.15) is 0 Å². The van der Waals surface area contributed by atoms with Gasteiger partial charge >= 0.3 is 449 Å². The fourth-order valence-corrected chi connectivity index (χ4v) is 17.7. The first kappa shape index (κ1) is 55.7. The van der Waals surface area contributed by atoms with Gasteiger partial charge in [0.05, 0.1) is 0 Å². The molecule has 11 rings (SSSR count). The molecule has 0 spiro atoms. The van der Waals surface area contributed by atoms with Gasteiger partial charge in [-0.25, -0.2) is 0 Å². The molecular weight excluding hydrogens is 1040 g/mol. The van der Waals surface area contributed by atoms with Gasteiger partial charge in [-0.3, -0.25) is 0 Å². The number of rotatable bonds is 17. The van der Waals surface area contributed by atoms with Crippen molar-refractivity contribution in [1.82, 2.24) is 0 Å². The van der Waals surface area contributed by atoms with E-state index in [2.05, 4.69) is 293 Å². The summed E-state index contributed by atoms with van der Waals surface area (Å²) in [5.41, 5.74) is 18.8. The van der Waals surface area contributed by atoms with Crippen LogP contribution in [-0.2, 0) is 59.0 Å². The summed E-state index contributed by atoms with van der Waals surface area (Å²) in [6.45, 7) is 0. The quantitative estimate of drug-likeness (QED) is 0.0832. The molecule has 0 N–H and O–H groups in total. The second-order valence-corrected chi connectivity index (χ2v) is 24.6. The van der Waals surface area contributed by atoms with E-state index in [1.165, 1.54) is 97.3 Å². The molecule has 1 aliphatic carbocycles. The number of benzene rings is 10. The van der Waals surface area contributed by atoms with Crippen molar-refractivity contribution in [2.24, 2.45) is 0 Å². The first-order valence-corrected chi connectivity index (χ1v) is 28.6. The maximum absolute atomic E-state index is 3.34. The minimum absolute atomic E-state index is 0. The molecule has 0 saturated carbocycles. The zero-order valence-corrected chi connectivity index (χ0v) is 47.4. The molecule has 0 nitrogen and oxygen atoms in total. The van der Waals surface area contributed by atoms with E-state index < -0.39 is 8.07 Å². The predicted molar refractivity (Wildman–Crippen MR) is 306 cm³/mol. The summed E-state index contributed by atoms with van der Waals surface area (Å²) in [6, 6.07) is 101. The first-order valence-electron chi connectivity index (χ1n) is 25.9. The van der Waals surface area contributed by atoms with Gasteiger partial charge in [0.15, 0.2) is 0 Å². The van der Waals surface area contributed by atoms with Crippen molar-refractivity contribution < 1.29 is 57.7 Å². The fourth-order valence-electron chi connectivity index (χ4n) is 11.4. The van der Waals surface area contributed by atoms with E-state index in [4.69, 9.17) is 0 Å². The number of allylic oxidation sites excluding steroid dienone is 4. The maximum atomic E-state index is 2.65. The molecule has 0 bridgehead atoms. The van der Waals surface area contributed by atoms with Crippen LogP contribution in [0.4, 0.5) is 0 Å². The third kappa shape index (κ3) is 13.2. The van der Waals surface area contributed by atoms with Gasteiger partial charge in [0.1, 0.15) is 0 Å². The van der Waals surface area contributed by atoms with E-state index in [0.717, 1.165) is 44.9 Å². The third-order valence-corrected chi connectivity index (χ3v) is 20.1. The van der Waals surface area contributed by atoms with Crippen molar-refractivity contribution in [2.45, 2.75) is 44.9 Å². The molecule has 5 heteroatoms. The van der Waals surface area contributed by atoms with E-state index in [1.54, 1.807) is 5.20 Å². The van der Waals surface area contributed by atoms with Gasteiger partial charge in [-0.1, -0.05) is 0 Å². The number of hydrogen-bond acceptors (Lipinski definition) is 0. The van der Waals surface area contributed by atoms with Crippen molar-refractivity contribution >= 4 is 29.2 Å². The van der Waals surface area contributed by atoms with E-state index in [-0.39, 0.29) is 37.2 Å². The average molecular weight is 1090 g/mol. The average Bonchev–Trinajstić information content (AvgIpc) is 3.88. The molecule has 0 unspecified atom stereocenters. The molecule has 0 atom stereocenters. The van der Waals surface area contributed by atoms with Gasteiger partial charge in [-0.05, 0) is 0 Å². The Kier molecular flexibility index (Phi) is 19.4. The van der Waals surface area contributed by atoms with Crippen LogP contribution in [0.25, 0.3) is 5.57 Å². The van der Waals surface area contributed by atoms with Gasteiger partial charge in [0.25, 0.3) is 0 Å². The van der Waals surface area contributed by atoms with Crippen LogP contribution in [0.1, 0.15) is 78.7 Å². The van der Waals surface area contributed by atoms with Crippen LogP contribution in [0, 0.1) is 0 Å². The number of halogens is 3. The monoisotopic (exact) mass is 1090 g/mol. The Labute approximate surface area is 482 Å². The summed E-state index contributed by atoms with van der Waals surface area (Å²) in [5, 5.41) is 5.90. The van der Waals surface area contributed by atoms with Crippen LogP contribution in [-0.4, -0.2) is 8.07 Å². The van der Waals surface area contributed by atoms with Crippen LogP contribution in [0.3, 0.4) is 0 Å². The molecule has 0 heterocycles. The van der Waals surface area contributed by atoms with Crippen molar-refractivity contribution in [3.8, 4) is 0 Å². The SMILES string of the molecule is [Cl-].[Cl-].[Cl-].[Ti+3][C]1=CCC([Si](c2cc(Cc3ccccc3)cc(Cc3ccccc3)c2)(c2cc(Cc3ccccc3)cc(Cc3ccccc3)c2)c2cc(Cc3ccccc3)cc(Cc3ccccc3)c2)=C1c1ccccc1. The summed E-state index contributed by atoms with van der Waals surface area (Å²) >= 11 is 2.36. The van der Waals surface area contributed by atoms with E-state index in [1.807, 2.05) is 0 Å². The molecular formula is C71H59Cl3SiTi. The predicted octanol–water partition coefficient (Wildman–Crippen LogP) is 5.54. The van der Waals surface area contributed by atoms with Crippen molar-refractivity contribution in [3.63, 3.8) is 0 Å². The molecule has 0 aromatic heterocycles. The Morgan fingerprint density at radius 2 is 0.500 bits per heavy atom. The van der Waals surface area contributed by atoms with Gasteiger partial charge in [-0.15, -0.1) is 0 Å². The fraction of sp³-hybridized carbons (Fsp3) is 0.0986. The Morgan fingerprint density at radius 1 is 0.276 bits per heavy atom. The molecule has 0 radical (unpaired) electrons. The van der Waals surface area contributed by atoms with Gasteiger partial charge in [0.2, 0.25) is 0 Å². The Hall–Kier alpha value is -6.52. The van der Waals surface area contributed by atoms with Gasteiger partial charge in [0, 0.05) is 0 Å². The first-order chi connectivity index (χ1) is 36.0. The summed E-state index contributed by atoms with van der Waals surface area (Å²) in [7, 11) is -3.34. The topological polar surface area (TPSA) is 0 Å². The standard InChI is InChI=1S/C71H59Si.3ClH.Ti/c1-8-23-54(24-9-1)39-60-45-61(40-55-25-10-2-11-26-55)49-67(48-60)72(71-38-22-37-70(71)66-35-20-7-21-36-66,68-50-62(41-56-27-12-3-13-28-56)46-63(51-68)42-57-29-14-4-15-30-57)69-52-64(43-58-31-16-5-17-32-58)47-65(53-69)44-59-33-18-6-19-34-59;;;;/h1-36,45-53H,38-44H2;3*1H;/q;;;;+3/p-3. The Morgan fingerprint density at radius 3 is 0.737 bits per heavy atom. The summed E-state index contributed by atoms with van der Waals surface area (Å²) in [6.07, 6.45) is 8.52. The summed E-state index contributed by atoms with van der Waals surface area (Å²) in [5.74, 6) is 0. The van der Waals surface area contributed by atoms with E-state index in [0.29, 0.717) is 0 Å². The number of hydrogen-bond donors (Lipinski definition) is 0. The molecule has 10 aromatic carbocycles. The third-order valence-electron chi connectivity index (χ3n) is 14.6. The summed E-state index contributed by atoms with van der Waals surface area (Å²) in [4.78, 5) is 0. The minimum atomic E-state index is -3.34. The molecule has 0 fully saturated rings. The zero-order chi connectivity index (χ0) is 49.2. The van der Waals surface area contributed by atoms with Crippen LogP contribution in [0.15, 0.2) is 282 Å². The van der Waals surface area contributed by atoms with Crippen LogP contribution in [0.5, 0.6) is 0 Å². The Balaban J connectivity index is 0.00000255. The van der Waals surface area contributed by atoms with Crippen molar-refractivity contribution in [1.29, 1.82) is 0 Å². The molecule has 1 aliphatic rings. The Bertz CT molecular complexity index is 3020. The van der Waals surface area contributed by atoms with Crippen molar-refractivity contribution in [2.75, 3.05) is 0 Å². The molecule has 0 amide bonds. The van der Waals surface area contributed by atoms with Gasteiger partial charge < -0.3 is 37.2 Å². The molecule has 10 aromatic rings. The van der Waals surface area contributed by atoms with Crippen LogP contribution in [0.2, 0.25) is 0 Å². The molecule has 76 heavy (non-hydrogen) atoms. The van der Waals surface area contributed by atoms with Crippen molar-refractivity contribution in [3.05, 3.63) is 354 Å². The van der Waals surface area contributed by atoms with Crippen LogP contribution < -0.4 is 52.8 Å². The van der Waals surface area contributed by atoms with Crippen LogP contribution >= 0.6 is 0 Å². The van der Waals surface area contributed by atoms with E-state index in [9.17, 15) is 0 Å². The van der Waals surface area contributed by atoms with E-state index >= 15 is 0 Å². The second kappa shape index (κ2) is 26.5. The normalized spacial score (nSPS) is 12.0.